The number of anilines is 2. The van der Waals surface area contributed by atoms with E-state index >= 15 is 0 Å². The van der Waals surface area contributed by atoms with Crippen LogP contribution in [0.5, 0.6) is 5.75 Å². The number of nitrogens with zero attached hydrogens (tertiary/aromatic N) is 3. The summed E-state index contributed by atoms with van der Waals surface area (Å²) in [5, 5.41) is 8.14. The number of hydrogen-bond acceptors (Lipinski definition) is 6. The number of benzene rings is 1. The van der Waals surface area contributed by atoms with Crippen molar-refractivity contribution in [3.05, 3.63) is 28.2 Å². The molecule has 5 nitrogen and oxygen atoms in total. The summed E-state index contributed by atoms with van der Waals surface area (Å²) in [6, 6.07) is 7.38. The van der Waals surface area contributed by atoms with Gasteiger partial charge in [0, 0.05) is 18.3 Å². The molecule has 26 heavy (non-hydrogen) atoms. The first-order valence-corrected chi connectivity index (χ1v) is 9.36. The normalized spacial score (nSPS) is 18.7. The van der Waals surface area contributed by atoms with Gasteiger partial charge in [-0.05, 0) is 43.7 Å². The van der Waals surface area contributed by atoms with Gasteiger partial charge in [-0.25, -0.2) is 4.68 Å². The van der Waals surface area contributed by atoms with Crippen molar-refractivity contribution in [3.63, 3.8) is 0 Å². The molecule has 1 N–H and O–H groups in total. The number of nitrogens with one attached hydrogen (secondary N) is 1. The van der Waals surface area contributed by atoms with Crippen molar-refractivity contribution in [2.75, 3.05) is 25.5 Å². The smallest absolute Gasteiger partial charge is 0.393 e. The molecule has 1 aliphatic rings. The van der Waals surface area contributed by atoms with Crippen LogP contribution < -0.4 is 10.1 Å². The number of methoxy groups -OCH3 is 1. The van der Waals surface area contributed by atoms with Gasteiger partial charge in [0.05, 0.1) is 19.7 Å². The molecule has 2 aromatic rings. The zero-order valence-electron chi connectivity index (χ0n) is 14.1. The fourth-order valence-electron chi connectivity index (χ4n) is 2.91. The van der Waals surface area contributed by atoms with Crippen LogP contribution in [0.25, 0.3) is 0 Å². The van der Waals surface area contributed by atoms with Crippen LogP contribution in [0, 0.1) is 9.87 Å². The van der Waals surface area contributed by atoms with Crippen molar-refractivity contribution in [2.45, 2.75) is 25.7 Å². The third-order valence-corrected chi connectivity index (χ3v) is 5.45. The highest BCUT2D eigenvalue weighted by molar-refractivity contribution is 7.73. The van der Waals surface area contributed by atoms with Crippen molar-refractivity contribution >= 4 is 34.4 Å². The highest BCUT2D eigenvalue weighted by Crippen LogP contribution is 2.33. The van der Waals surface area contributed by atoms with Crippen molar-refractivity contribution in [1.82, 2.24) is 14.7 Å². The number of likely N-dealkylation sites (tertiary alicyclic amines) is 1. The second kappa shape index (κ2) is 7.93. The second-order valence-corrected chi connectivity index (χ2v) is 7.75. The summed E-state index contributed by atoms with van der Waals surface area (Å²) in [6.45, 7) is 0.869. The molecule has 1 saturated heterocycles. The Morgan fingerprint density at radius 1 is 1.42 bits per heavy atom. The predicted molar refractivity (Wildman–Crippen MR) is 97.6 cm³/mol. The zero-order valence-corrected chi connectivity index (χ0v) is 15.8. The molecule has 1 atom stereocenters. The van der Waals surface area contributed by atoms with Crippen LogP contribution in [0.4, 0.5) is 24.0 Å². The number of aromatic nitrogens is 2. The first-order chi connectivity index (χ1) is 12.3. The number of rotatable bonds is 5. The Morgan fingerprint density at radius 3 is 2.96 bits per heavy atom. The molecule has 1 aromatic carbocycles. The Morgan fingerprint density at radius 2 is 2.23 bits per heavy atom. The van der Waals surface area contributed by atoms with E-state index in [-0.39, 0.29) is 19.6 Å². The van der Waals surface area contributed by atoms with E-state index in [0.29, 0.717) is 27.8 Å². The van der Waals surface area contributed by atoms with Crippen LogP contribution in [-0.2, 0) is 6.67 Å². The number of hydrogen-bond donors (Lipinski definition) is 1. The molecule has 3 rings (SSSR count). The van der Waals surface area contributed by atoms with E-state index < -0.39 is 12.1 Å². The number of alkyl halides is 3. The van der Waals surface area contributed by atoms with E-state index in [0.717, 1.165) is 5.69 Å². The monoisotopic (exact) mass is 404 g/mol. The minimum Gasteiger partial charge on any atom is -0.497 e. The van der Waals surface area contributed by atoms with Gasteiger partial charge in [-0.1, -0.05) is 17.4 Å². The summed E-state index contributed by atoms with van der Waals surface area (Å²) in [6.07, 6.45) is -3.44. The lowest BCUT2D eigenvalue weighted by molar-refractivity contribution is -0.188. The Labute approximate surface area is 158 Å². The highest BCUT2D eigenvalue weighted by atomic mass is 32.1. The van der Waals surface area contributed by atoms with E-state index in [1.807, 2.05) is 24.3 Å². The quantitative estimate of drug-likeness (QED) is 0.735. The maximum Gasteiger partial charge on any atom is 0.393 e. The van der Waals surface area contributed by atoms with E-state index in [2.05, 4.69) is 10.4 Å². The molecule has 142 valence electrons. The largest absolute Gasteiger partial charge is 0.497 e. The van der Waals surface area contributed by atoms with Crippen LogP contribution >= 0.6 is 23.6 Å². The van der Waals surface area contributed by atoms with Crippen molar-refractivity contribution in [3.8, 4) is 5.75 Å². The lowest BCUT2D eigenvalue weighted by atomic mass is 9.98. The number of piperidine rings is 1. The van der Waals surface area contributed by atoms with Gasteiger partial charge in [-0.15, -0.1) is 5.10 Å². The topological polar surface area (TPSA) is 42.3 Å². The molecule has 0 bridgehead atoms. The fourth-order valence-corrected chi connectivity index (χ4v) is 3.92. The summed E-state index contributed by atoms with van der Waals surface area (Å²) in [5.74, 6) is -0.567. The number of ether oxygens (including phenoxy) is 1. The maximum atomic E-state index is 13.0. The summed E-state index contributed by atoms with van der Waals surface area (Å²) in [4.78, 5) is 1.76. The Kier molecular flexibility index (Phi) is 5.83. The standard InChI is InChI=1S/C16H19F3N4OS2/c1-24-13-6-2-5-12(8-13)20-14-21-23(15(25)26-14)10-22-7-3-4-11(9-22)16(17,18)19/h2,5-6,8,11H,3-4,7,9-10H2,1H3,(H,20,21). The molecule has 1 aromatic heterocycles. The molecule has 0 saturated carbocycles. The average Bonchev–Trinajstić information content (AvgIpc) is 2.93. The lowest BCUT2D eigenvalue weighted by Crippen LogP contribution is -2.42. The highest BCUT2D eigenvalue weighted by Gasteiger charge is 2.41. The Hall–Kier alpha value is -1.65. The van der Waals surface area contributed by atoms with Gasteiger partial charge in [-0.3, -0.25) is 4.90 Å². The minimum absolute atomic E-state index is 0.0125. The molecule has 1 fully saturated rings. The molecule has 0 amide bonds. The molecular formula is C16H19F3N4OS2. The van der Waals surface area contributed by atoms with Crippen molar-refractivity contribution in [1.29, 1.82) is 0 Å². The van der Waals surface area contributed by atoms with Crippen LogP contribution in [0.1, 0.15) is 12.8 Å². The summed E-state index contributed by atoms with van der Waals surface area (Å²) in [7, 11) is 1.59. The van der Waals surface area contributed by atoms with Gasteiger partial charge >= 0.3 is 6.18 Å². The summed E-state index contributed by atoms with van der Waals surface area (Å²) < 4.78 is 46.1. The molecule has 0 radical (unpaired) electrons. The van der Waals surface area contributed by atoms with Gasteiger partial charge in [0.2, 0.25) is 5.13 Å². The van der Waals surface area contributed by atoms with E-state index in [1.54, 1.807) is 16.7 Å². The molecule has 0 spiro atoms. The van der Waals surface area contributed by atoms with Crippen LogP contribution in [0.2, 0.25) is 0 Å². The lowest BCUT2D eigenvalue weighted by Gasteiger charge is -2.33. The van der Waals surface area contributed by atoms with Crippen LogP contribution in [-0.4, -0.2) is 41.1 Å². The van der Waals surface area contributed by atoms with E-state index in [9.17, 15) is 13.2 Å². The first-order valence-electron chi connectivity index (χ1n) is 8.13. The van der Waals surface area contributed by atoms with E-state index in [1.165, 1.54) is 11.3 Å². The van der Waals surface area contributed by atoms with Gasteiger partial charge < -0.3 is 10.1 Å². The molecule has 10 heteroatoms. The maximum absolute atomic E-state index is 13.0. The number of halogens is 3. The minimum atomic E-state index is -4.15. The third-order valence-electron chi connectivity index (χ3n) is 4.23. The molecule has 0 aliphatic carbocycles. The molecule has 1 unspecified atom stereocenters. The van der Waals surface area contributed by atoms with Crippen molar-refractivity contribution in [2.24, 2.45) is 5.92 Å². The fraction of sp³-hybridized carbons (Fsp3) is 0.500. The summed E-state index contributed by atoms with van der Waals surface area (Å²) >= 11 is 6.60. The SMILES string of the molecule is COc1cccc(Nc2nn(CN3CCCC(C(F)(F)F)C3)c(=S)s2)c1. The third kappa shape index (κ3) is 4.74. The molecule has 1 aliphatic heterocycles. The summed E-state index contributed by atoms with van der Waals surface area (Å²) in [5.41, 5.74) is 0.801. The van der Waals surface area contributed by atoms with Crippen molar-refractivity contribution < 1.29 is 17.9 Å². The van der Waals surface area contributed by atoms with Gasteiger partial charge in [0.1, 0.15) is 5.75 Å². The molecule has 2 heterocycles. The van der Waals surface area contributed by atoms with Gasteiger partial charge in [-0.2, -0.15) is 13.2 Å². The van der Waals surface area contributed by atoms with Gasteiger partial charge in [0.15, 0.2) is 3.95 Å². The zero-order chi connectivity index (χ0) is 18.7. The predicted octanol–water partition coefficient (Wildman–Crippen LogP) is 4.66. The molecular weight excluding hydrogens is 385 g/mol. The van der Waals surface area contributed by atoms with E-state index in [4.69, 9.17) is 17.0 Å². The van der Waals surface area contributed by atoms with Crippen LogP contribution in [0.3, 0.4) is 0 Å². The van der Waals surface area contributed by atoms with Crippen LogP contribution in [0.15, 0.2) is 24.3 Å². The second-order valence-electron chi connectivity index (χ2n) is 6.13. The Balaban J connectivity index is 1.67. The average molecular weight is 404 g/mol. The Bertz CT molecular complexity index is 805. The first kappa shape index (κ1) is 19.1. The van der Waals surface area contributed by atoms with Gasteiger partial charge in [0.25, 0.3) is 0 Å².